The van der Waals surface area contributed by atoms with Crippen LogP contribution in [0.2, 0.25) is 0 Å². The molecule has 0 aromatic heterocycles. The SMILES string of the molecule is C=CCOc1ccc(/C=N/NC(=O)C(=O)NC(C)C)cc1. The molecule has 0 bridgehead atoms. The van der Waals surface area contributed by atoms with E-state index in [1.807, 2.05) is 0 Å². The Kier molecular flexibility index (Phi) is 6.67. The van der Waals surface area contributed by atoms with Gasteiger partial charge in [-0.25, -0.2) is 5.43 Å². The second-order valence-electron chi connectivity index (χ2n) is 4.50. The molecule has 2 N–H and O–H groups in total. The van der Waals surface area contributed by atoms with Crippen LogP contribution >= 0.6 is 0 Å². The number of hydrazone groups is 1. The molecule has 2 amide bonds. The van der Waals surface area contributed by atoms with E-state index in [4.69, 9.17) is 4.74 Å². The second-order valence-corrected chi connectivity index (χ2v) is 4.50. The maximum absolute atomic E-state index is 11.4. The maximum atomic E-state index is 11.4. The summed E-state index contributed by atoms with van der Waals surface area (Å²) in [4.78, 5) is 22.7. The van der Waals surface area contributed by atoms with Crippen LogP contribution < -0.4 is 15.5 Å². The molecule has 0 saturated heterocycles. The predicted molar refractivity (Wildman–Crippen MR) is 81.1 cm³/mol. The van der Waals surface area contributed by atoms with E-state index in [-0.39, 0.29) is 6.04 Å². The lowest BCUT2D eigenvalue weighted by Gasteiger charge is -2.06. The van der Waals surface area contributed by atoms with Crippen LogP contribution in [-0.2, 0) is 9.59 Å². The summed E-state index contributed by atoms with van der Waals surface area (Å²) in [6.07, 6.45) is 3.10. The van der Waals surface area contributed by atoms with Crippen LogP contribution in [0.1, 0.15) is 19.4 Å². The molecule has 0 fully saturated rings. The summed E-state index contributed by atoms with van der Waals surface area (Å²) < 4.78 is 5.34. The number of carbonyl (C=O) groups is 2. The Balaban J connectivity index is 2.47. The minimum Gasteiger partial charge on any atom is -0.490 e. The molecular weight excluding hydrogens is 270 g/mol. The van der Waals surface area contributed by atoms with E-state index in [2.05, 4.69) is 22.4 Å². The molecule has 6 heteroatoms. The minimum atomic E-state index is -0.800. The third-order valence-electron chi connectivity index (χ3n) is 2.25. The number of nitrogens with zero attached hydrogens (tertiary/aromatic N) is 1. The first-order valence-electron chi connectivity index (χ1n) is 6.50. The van der Waals surface area contributed by atoms with Crippen molar-refractivity contribution >= 4 is 18.0 Å². The van der Waals surface area contributed by atoms with E-state index in [1.165, 1.54) is 6.21 Å². The largest absolute Gasteiger partial charge is 0.490 e. The van der Waals surface area contributed by atoms with Gasteiger partial charge < -0.3 is 10.1 Å². The fourth-order valence-corrected chi connectivity index (χ4v) is 1.35. The molecule has 1 aromatic rings. The highest BCUT2D eigenvalue weighted by Crippen LogP contribution is 2.10. The Morgan fingerprint density at radius 1 is 1.29 bits per heavy atom. The molecule has 0 radical (unpaired) electrons. The fourth-order valence-electron chi connectivity index (χ4n) is 1.35. The van der Waals surface area contributed by atoms with Crippen LogP contribution in [0, 0.1) is 0 Å². The quantitative estimate of drug-likeness (QED) is 0.358. The molecule has 0 aliphatic rings. The molecule has 0 spiro atoms. The first-order valence-corrected chi connectivity index (χ1v) is 6.50. The van der Waals surface area contributed by atoms with Crippen molar-refractivity contribution in [3.8, 4) is 5.75 Å². The number of hydrogen-bond acceptors (Lipinski definition) is 4. The number of nitrogens with one attached hydrogen (secondary N) is 2. The third kappa shape index (κ3) is 6.38. The minimum absolute atomic E-state index is 0.102. The number of ether oxygens (including phenoxy) is 1. The van der Waals surface area contributed by atoms with Crippen LogP contribution in [0.5, 0.6) is 5.75 Å². The highest BCUT2D eigenvalue weighted by atomic mass is 16.5. The van der Waals surface area contributed by atoms with Gasteiger partial charge in [0.25, 0.3) is 0 Å². The van der Waals surface area contributed by atoms with Gasteiger partial charge in [0.05, 0.1) is 6.21 Å². The predicted octanol–water partition coefficient (Wildman–Crippen LogP) is 1.23. The summed E-state index contributed by atoms with van der Waals surface area (Å²) in [5.74, 6) is -0.798. The zero-order valence-corrected chi connectivity index (χ0v) is 12.1. The van der Waals surface area contributed by atoms with E-state index in [1.54, 1.807) is 44.2 Å². The summed E-state index contributed by atoms with van der Waals surface area (Å²) in [6.45, 7) is 7.54. The van der Waals surface area contributed by atoms with Gasteiger partial charge >= 0.3 is 11.8 Å². The average molecular weight is 289 g/mol. The lowest BCUT2D eigenvalue weighted by Crippen LogP contribution is -2.41. The number of benzene rings is 1. The van der Waals surface area contributed by atoms with E-state index in [9.17, 15) is 9.59 Å². The van der Waals surface area contributed by atoms with Crippen molar-refractivity contribution in [2.75, 3.05) is 6.61 Å². The van der Waals surface area contributed by atoms with E-state index >= 15 is 0 Å². The summed E-state index contributed by atoms with van der Waals surface area (Å²) in [7, 11) is 0. The Labute approximate surface area is 123 Å². The normalized spacial score (nSPS) is 10.4. The van der Waals surface area contributed by atoms with Crippen LogP contribution in [0.25, 0.3) is 0 Å². The zero-order chi connectivity index (χ0) is 15.7. The Morgan fingerprint density at radius 2 is 1.95 bits per heavy atom. The Hall–Kier alpha value is -2.63. The smallest absolute Gasteiger partial charge is 0.329 e. The van der Waals surface area contributed by atoms with Crippen LogP contribution in [-0.4, -0.2) is 30.7 Å². The van der Waals surface area contributed by atoms with Gasteiger partial charge in [0.15, 0.2) is 0 Å². The number of amides is 2. The van der Waals surface area contributed by atoms with Gasteiger partial charge in [0.1, 0.15) is 12.4 Å². The number of hydrogen-bond donors (Lipinski definition) is 2. The summed E-state index contributed by atoms with van der Waals surface area (Å²) >= 11 is 0. The lowest BCUT2D eigenvalue weighted by atomic mass is 10.2. The molecule has 0 unspecified atom stereocenters. The molecule has 1 aromatic carbocycles. The molecule has 0 aliphatic carbocycles. The van der Waals surface area contributed by atoms with Crippen molar-refractivity contribution < 1.29 is 14.3 Å². The Bertz CT molecular complexity index is 521. The Morgan fingerprint density at radius 3 is 2.52 bits per heavy atom. The highest BCUT2D eigenvalue weighted by molar-refractivity contribution is 6.35. The van der Waals surface area contributed by atoms with E-state index in [0.717, 1.165) is 5.56 Å². The standard InChI is InChI=1S/C15H19N3O3/c1-4-9-21-13-7-5-12(6-8-13)10-16-18-15(20)14(19)17-11(2)3/h4-8,10-11H,1,9H2,2-3H3,(H,17,19)(H,18,20)/b16-10+. The molecule has 0 saturated carbocycles. The third-order valence-corrected chi connectivity index (χ3v) is 2.25. The maximum Gasteiger partial charge on any atom is 0.329 e. The molecule has 0 atom stereocenters. The van der Waals surface area contributed by atoms with Crippen LogP contribution in [0.3, 0.4) is 0 Å². The van der Waals surface area contributed by atoms with Gasteiger partial charge in [-0.05, 0) is 43.7 Å². The van der Waals surface area contributed by atoms with Gasteiger partial charge in [0.2, 0.25) is 0 Å². The molecule has 0 aliphatic heterocycles. The monoisotopic (exact) mass is 289 g/mol. The summed E-state index contributed by atoms with van der Waals surface area (Å²) in [6, 6.07) is 7.01. The summed E-state index contributed by atoms with van der Waals surface area (Å²) in [5.41, 5.74) is 2.93. The zero-order valence-electron chi connectivity index (χ0n) is 12.1. The van der Waals surface area contributed by atoms with E-state index in [0.29, 0.717) is 12.4 Å². The van der Waals surface area contributed by atoms with Crippen LogP contribution in [0.15, 0.2) is 42.0 Å². The van der Waals surface area contributed by atoms with Crippen molar-refractivity contribution in [3.05, 3.63) is 42.5 Å². The molecule has 21 heavy (non-hydrogen) atoms. The van der Waals surface area contributed by atoms with Gasteiger partial charge in [-0.15, -0.1) is 0 Å². The van der Waals surface area contributed by atoms with Gasteiger partial charge in [-0.3, -0.25) is 9.59 Å². The van der Waals surface area contributed by atoms with Crippen molar-refractivity contribution in [3.63, 3.8) is 0 Å². The van der Waals surface area contributed by atoms with Crippen molar-refractivity contribution in [1.82, 2.24) is 10.7 Å². The first kappa shape index (κ1) is 16.4. The molecule has 1 rings (SSSR count). The second kappa shape index (κ2) is 8.52. The molecular formula is C15H19N3O3. The topological polar surface area (TPSA) is 79.8 Å². The molecule has 6 nitrogen and oxygen atoms in total. The average Bonchev–Trinajstić information content (AvgIpc) is 2.45. The first-order chi connectivity index (χ1) is 10.0. The summed E-state index contributed by atoms with van der Waals surface area (Å²) in [5, 5.41) is 6.19. The van der Waals surface area contributed by atoms with Crippen molar-refractivity contribution in [2.45, 2.75) is 19.9 Å². The van der Waals surface area contributed by atoms with Gasteiger partial charge in [-0.2, -0.15) is 5.10 Å². The lowest BCUT2D eigenvalue weighted by molar-refractivity contribution is -0.139. The number of rotatable bonds is 6. The molecule has 112 valence electrons. The number of carbonyl (C=O) groups excluding carboxylic acids is 2. The highest BCUT2D eigenvalue weighted by Gasteiger charge is 2.12. The van der Waals surface area contributed by atoms with Gasteiger partial charge in [0, 0.05) is 6.04 Å². The fraction of sp³-hybridized carbons (Fsp3) is 0.267. The van der Waals surface area contributed by atoms with Crippen LogP contribution in [0.4, 0.5) is 0 Å². The van der Waals surface area contributed by atoms with Crippen molar-refractivity contribution in [2.24, 2.45) is 5.10 Å². The molecule has 0 heterocycles. The van der Waals surface area contributed by atoms with Crippen molar-refractivity contribution in [1.29, 1.82) is 0 Å². The van der Waals surface area contributed by atoms with Gasteiger partial charge in [-0.1, -0.05) is 12.7 Å². The van der Waals surface area contributed by atoms with E-state index < -0.39 is 11.8 Å².